The van der Waals surface area contributed by atoms with Crippen molar-refractivity contribution in [3.05, 3.63) is 0 Å². The van der Waals surface area contributed by atoms with Crippen LogP contribution in [0, 0.1) is 5.41 Å². The molecule has 0 aromatic carbocycles. The Kier molecular flexibility index (Phi) is 3.19. The van der Waals surface area contributed by atoms with Gasteiger partial charge in [0.05, 0.1) is 13.2 Å². The van der Waals surface area contributed by atoms with Gasteiger partial charge in [-0.3, -0.25) is 0 Å². The highest BCUT2D eigenvalue weighted by atomic mass is 16.7. The summed E-state index contributed by atoms with van der Waals surface area (Å²) in [5.41, 5.74) is 0.354. The average Bonchev–Trinajstić information content (AvgIpc) is 2.50. The molecule has 2 rings (SSSR count). The molecule has 76 valence electrons. The largest absolute Gasteiger partial charge is 0.381 e. The van der Waals surface area contributed by atoms with E-state index in [-0.39, 0.29) is 0 Å². The van der Waals surface area contributed by atoms with E-state index < -0.39 is 0 Å². The molecule has 2 heterocycles. The van der Waals surface area contributed by atoms with Crippen molar-refractivity contribution in [2.45, 2.75) is 25.7 Å². The Balaban J connectivity index is 1.97. The zero-order chi connectivity index (χ0) is 8.99. The van der Waals surface area contributed by atoms with E-state index in [1.807, 2.05) is 0 Å². The van der Waals surface area contributed by atoms with Gasteiger partial charge in [0.2, 0.25) is 0 Å². The SMILES string of the molecule is C1COCCC2(C1)CCOCOC2. The molecule has 2 aliphatic heterocycles. The molecule has 13 heavy (non-hydrogen) atoms. The van der Waals surface area contributed by atoms with Crippen LogP contribution in [0.1, 0.15) is 25.7 Å². The van der Waals surface area contributed by atoms with Gasteiger partial charge in [0, 0.05) is 13.2 Å². The van der Waals surface area contributed by atoms with Crippen molar-refractivity contribution in [2.75, 3.05) is 33.2 Å². The number of hydrogen-bond acceptors (Lipinski definition) is 3. The van der Waals surface area contributed by atoms with Gasteiger partial charge in [-0.1, -0.05) is 0 Å². The summed E-state index contributed by atoms with van der Waals surface area (Å²) in [6.45, 7) is 3.99. The molecule has 0 saturated carbocycles. The second kappa shape index (κ2) is 4.40. The van der Waals surface area contributed by atoms with E-state index in [4.69, 9.17) is 14.2 Å². The first-order valence-electron chi connectivity index (χ1n) is 5.15. The normalized spacial score (nSPS) is 36.9. The molecular weight excluding hydrogens is 168 g/mol. The third-order valence-corrected chi connectivity index (χ3v) is 3.12. The summed E-state index contributed by atoms with van der Waals surface area (Å²) in [4.78, 5) is 0. The second-order valence-corrected chi connectivity index (χ2v) is 4.09. The lowest BCUT2D eigenvalue weighted by Crippen LogP contribution is -2.26. The Morgan fingerprint density at radius 2 is 1.62 bits per heavy atom. The molecule has 0 radical (unpaired) electrons. The molecule has 2 fully saturated rings. The van der Waals surface area contributed by atoms with Crippen molar-refractivity contribution in [3.63, 3.8) is 0 Å². The van der Waals surface area contributed by atoms with Crippen LogP contribution in [0.5, 0.6) is 0 Å². The lowest BCUT2D eigenvalue weighted by atomic mass is 9.79. The van der Waals surface area contributed by atoms with Gasteiger partial charge in [-0.05, 0) is 31.1 Å². The van der Waals surface area contributed by atoms with Gasteiger partial charge in [0.15, 0.2) is 0 Å². The van der Waals surface area contributed by atoms with Crippen LogP contribution in [0.15, 0.2) is 0 Å². The summed E-state index contributed by atoms with van der Waals surface area (Å²) in [6, 6.07) is 0. The van der Waals surface area contributed by atoms with E-state index in [1.54, 1.807) is 0 Å². The number of rotatable bonds is 0. The predicted octanol–water partition coefficient (Wildman–Crippen LogP) is 1.57. The quantitative estimate of drug-likeness (QED) is 0.574. The molecular formula is C10H18O3. The molecule has 1 unspecified atom stereocenters. The van der Waals surface area contributed by atoms with Crippen molar-refractivity contribution in [1.82, 2.24) is 0 Å². The summed E-state index contributed by atoms with van der Waals surface area (Å²) < 4.78 is 16.2. The standard InChI is InChI=1S/C10H18O3/c1-2-10(3-6-11-5-1)4-7-12-9-13-8-10/h1-9H2. The van der Waals surface area contributed by atoms with Crippen molar-refractivity contribution in [3.8, 4) is 0 Å². The van der Waals surface area contributed by atoms with Crippen LogP contribution >= 0.6 is 0 Å². The van der Waals surface area contributed by atoms with Gasteiger partial charge in [-0.15, -0.1) is 0 Å². The van der Waals surface area contributed by atoms with Crippen LogP contribution < -0.4 is 0 Å². The lowest BCUT2D eigenvalue weighted by molar-refractivity contribution is -0.0452. The minimum Gasteiger partial charge on any atom is -0.381 e. The molecule has 0 aromatic heterocycles. The predicted molar refractivity (Wildman–Crippen MR) is 48.5 cm³/mol. The van der Waals surface area contributed by atoms with Gasteiger partial charge in [0.1, 0.15) is 6.79 Å². The maximum atomic E-state index is 5.47. The molecule has 2 aliphatic rings. The van der Waals surface area contributed by atoms with E-state index in [1.165, 1.54) is 12.8 Å². The van der Waals surface area contributed by atoms with Crippen molar-refractivity contribution >= 4 is 0 Å². The Morgan fingerprint density at radius 1 is 0.769 bits per heavy atom. The molecule has 0 amide bonds. The molecule has 3 heteroatoms. The van der Waals surface area contributed by atoms with Gasteiger partial charge >= 0.3 is 0 Å². The Hall–Kier alpha value is -0.120. The molecule has 0 N–H and O–H groups in total. The smallest absolute Gasteiger partial charge is 0.146 e. The Bertz CT molecular complexity index is 121. The van der Waals surface area contributed by atoms with Crippen molar-refractivity contribution < 1.29 is 14.2 Å². The van der Waals surface area contributed by atoms with Gasteiger partial charge in [-0.25, -0.2) is 0 Å². The van der Waals surface area contributed by atoms with Crippen LogP contribution in [-0.4, -0.2) is 33.2 Å². The fraction of sp³-hybridized carbons (Fsp3) is 1.00. The van der Waals surface area contributed by atoms with Crippen LogP contribution in [0.4, 0.5) is 0 Å². The molecule has 0 aliphatic carbocycles. The molecule has 0 bridgehead atoms. The fourth-order valence-corrected chi connectivity index (χ4v) is 2.20. The summed E-state index contributed by atoms with van der Waals surface area (Å²) in [7, 11) is 0. The molecule has 1 atom stereocenters. The minimum absolute atomic E-state index is 0.354. The van der Waals surface area contributed by atoms with Gasteiger partial charge < -0.3 is 14.2 Å². The Labute approximate surface area is 79.4 Å². The summed E-state index contributed by atoms with van der Waals surface area (Å²) in [5, 5.41) is 0. The number of ether oxygens (including phenoxy) is 3. The highest BCUT2D eigenvalue weighted by Crippen LogP contribution is 2.35. The topological polar surface area (TPSA) is 27.7 Å². The summed E-state index contributed by atoms with van der Waals surface area (Å²) in [6.07, 6.45) is 4.67. The average molecular weight is 186 g/mol. The van der Waals surface area contributed by atoms with Crippen molar-refractivity contribution in [1.29, 1.82) is 0 Å². The Morgan fingerprint density at radius 3 is 2.54 bits per heavy atom. The second-order valence-electron chi connectivity index (χ2n) is 4.09. The van der Waals surface area contributed by atoms with Gasteiger partial charge in [-0.2, -0.15) is 0 Å². The zero-order valence-corrected chi connectivity index (χ0v) is 8.09. The van der Waals surface area contributed by atoms with Crippen LogP contribution in [-0.2, 0) is 14.2 Å². The van der Waals surface area contributed by atoms with Crippen LogP contribution in [0.2, 0.25) is 0 Å². The van der Waals surface area contributed by atoms with E-state index in [0.717, 1.165) is 39.3 Å². The highest BCUT2D eigenvalue weighted by Gasteiger charge is 2.32. The van der Waals surface area contributed by atoms with E-state index in [0.29, 0.717) is 12.2 Å². The molecule has 3 nitrogen and oxygen atoms in total. The molecule has 1 spiro atoms. The van der Waals surface area contributed by atoms with Crippen molar-refractivity contribution in [2.24, 2.45) is 5.41 Å². The lowest BCUT2D eigenvalue weighted by Gasteiger charge is -2.29. The first-order valence-corrected chi connectivity index (χ1v) is 5.15. The van der Waals surface area contributed by atoms with E-state index in [9.17, 15) is 0 Å². The van der Waals surface area contributed by atoms with Gasteiger partial charge in [0.25, 0.3) is 0 Å². The monoisotopic (exact) mass is 186 g/mol. The molecule has 0 aromatic rings. The first kappa shape index (κ1) is 9.44. The maximum Gasteiger partial charge on any atom is 0.146 e. The minimum atomic E-state index is 0.354. The fourth-order valence-electron chi connectivity index (χ4n) is 2.20. The zero-order valence-electron chi connectivity index (χ0n) is 8.09. The van der Waals surface area contributed by atoms with Crippen LogP contribution in [0.3, 0.4) is 0 Å². The first-order chi connectivity index (χ1) is 6.41. The maximum absolute atomic E-state index is 5.47. The van der Waals surface area contributed by atoms with E-state index >= 15 is 0 Å². The molecule has 2 saturated heterocycles. The highest BCUT2D eigenvalue weighted by molar-refractivity contribution is 4.81. The third-order valence-electron chi connectivity index (χ3n) is 3.12. The third kappa shape index (κ3) is 2.42. The number of hydrogen-bond donors (Lipinski definition) is 0. The van der Waals surface area contributed by atoms with E-state index in [2.05, 4.69) is 0 Å². The van der Waals surface area contributed by atoms with Crippen LogP contribution in [0.25, 0.3) is 0 Å². The summed E-state index contributed by atoms with van der Waals surface area (Å²) >= 11 is 0. The summed E-state index contributed by atoms with van der Waals surface area (Å²) in [5.74, 6) is 0.